The van der Waals surface area contributed by atoms with Gasteiger partial charge in [-0.15, -0.1) is 5.10 Å². The number of hydrogen-bond acceptors (Lipinski definition) is 5. The maximum Gasteiger partial charge on any atom is 0.358 e. The molecular weight excluding hydrogens is 366 g/mol. The molecule has 0 unspecified atom stereocenters. The van der Waals surface area contributed by atoms with Gasteiger partial charge in [0.05, 0.1) is 4.90 Å². The highest BCUT2D eigenvalue weighted by Gasteiger charge is 2.29. The molecule has 0 spiro atoms. The van der Waals surface area contributed by atoms with Gasteiger partial charge in [-0.25, -0.2) is 4.79 Å². The van der Waals surface area contributed by atoms with Crippen LogP contribution in [0.4, 0.5) is 5.69 Å². The van der Waals surface area contributed by atoms with E-state index in [9.17, 15) is 18.3 Å². The zero-order chi connectivity index (χ0) is 18.2. The summed E-state index contributed by atoms with van der Waals surface area (Å²) in [6.07, 6.45) is 0. The zero-order valence-electron chi connectivity index (χ0n) is 12.6. The van der Waals surface area contributed by atoms with Crippen LogP contribution >= 0.6 is 11.6 Å². The number of rotatable bonds is 4. The van der Waals surface area contributed by atoms with Gasteiger partial charge < -0.3 is 10.8 Å². The van der Waals surface area contributed by atoms with E-state index in [1.54, 1.807) is 30.3 Å². The highest BCUT2D eigenvalue weighted by Crippen LogP contribution is 2.33. The molecule has 0 saturated heterocycles. The van der Waals surface area contributed by atoms with Crippen LogP contribution in [0.1, 0.15) is 10.5 Å². The fourth-order valence-corrected chi connectivity index (χ4v) is 3.93. The first kappa shape index (κ1) is 17.0. The average molecular weight is 378 g/mol. The molecule has 9 heteroatoms. The van der Waals surface area contributed by atoms with E-state index in [2.05, 4.69) is 5.10 Å². The molecule has 0 bridgehead atoms. The molecule has 0 aliphatic heterocycles. The SMILES string of the molecule is Nc1ccc(S(=O)(=O)n2nc(C(=O)O)c(Cl)c2-c2ccccc2)cc1. The summed E-state index contributed by atoms with van der Waals surface area (Å²) < 4.78 is 26.5. The van der Waals surface area contributed by atoms with Gasteiger partial charge in [0, 0.05) is 11.3 Å². The maximum atomic E-state index is 12.9. The molecule has 0 fully saturated rings. The summed E-state index contributed by atoms with van der Waals surface area (Å²) in [6, 6.07) is 13.8. The highest BCUT2D eigenvalue weighted by molar-refractivity contribution is 7.90. The van der Waals surface area contributed by atoms with Crippen LogP contribution in [0, 0.1) is 0 Å². The topological polar surface area (TPSA) is 115 Å². The van der Waals surface area contributed by atoms with Crippen LogP contribution in [-0.2, 0) is 10.0 Å². The Labute approximate surface area is 148 Å². The van der Waals surface area contributed by atoms with E-state index in [1.165, 1.54) is 24.3 Å². The second kappa shape index (κ2) is 6.23. The number of halogens is 1. The molecule has 2 aromatic carbocycles. The number of carboxylic acids is 1. The number of nitrogen functional groups attached to an aromatic ring is 1. The minimum Gasteiger partial charge on any atom is -0.476 e. The van der Waals surface area contributed by atoms with Crippen molar-refractivity contribution in [2.24, 2.45) is 0 Å². The third kappa shape index (κ3) is 2.97. The fraction of sp³-hybridized carbons (Fsp3) is 0. The molecule has 7 nitrogen and oxygen atoms in total. The number of aromatic carboxylic acids is 1. The lowest BCUT2D eigenvalue weighted by Crippen LogP contribution is -2.16. The molecule has 0 radical (unpaired) electrons. The van der Waals surface area contributed by atoms with Crippen LogP contribution in [0.3, 0.4) is 0 Å². The molecule has 0 aliphatic rings. The summed E-state index contributed by atoms with van der Waals surface area (Å²) in [7, 11) is -4.17. The van der Waals surface area contributed by atoms with E-state index in [0.29, 0.717) is 15.3 Å². The monoisotopic (exact) mass is 377 g/mol. The van der Waals surface area contributed by atoms with Crippen LogP contribution in [0.15, 0.2) is 59.5 Å². The van der Waals surface area contributed by atoms with Crippen molar-refractivity contribution in [3.05, 3.63) is 65.3 Å². The normalized spacial score (nSPS) is 11.4. The Morgan fingerprint density at radius 2 is 1.68 bits per heavy atom. The van der Waals surface area contributed by atoms with Crippen molar-refractivity contribution in [3.63, 3.8) is 0 Å². The van der Waals surface area contributed by atoms with Crippen molar-refractivity contribution in [1.29, 1.82) is 0 Å². The third-order valence-corrected chi connectivity index (χ3v) is 5.40. The Hall–Kier alpha value is -2.84. The number of anilines is 1. The lowest BCUT2D eigenvalue weighted by Gasteiger charge is -2.09. The largest absolute Gasteiger partial charge is 0.476 e. The maximum absolute atomic E-state index is 12.9. The average Bonchev–Trinajstić information content (AvgIpc) is 2.94. The van der Waals surface area contributed by atoms with E-state index in [1.807, 2.05) is 0 Å². The molecule has 0 saturated carbocycles. The van der Waals surface area contributed by atoms with Gasteiger partial charge in [0.1, 0.15) is 10.7 Å². The molecule has 25 heavy (non-hydrogen) atoms. The molecular formula is C16H12ClN3O4S. The number of hydrogen-bond donors (Lipinski definition) is 2. The van der Waals surface area contributed by atoms with Crippen LogP contribution in [0.25, 0.3) is 11.3 Å². The fourth-order valence-electron chi connectivity index (χ4n) is 2.26. The van der Waals surface area contributed by atoms with Gasteiger partial charge in [-0.2, -0.15) is 12.5 Å². The molecule has 0 aliphatic carbocycles. The summed E-state index contributed by atoms with van der Waals surface area (Å²) in [4.78, 5) is 11.3. The van der Waals surface area contributed by atoms with Crippen molar-refractivity contribution in [3.8, 4) is 11.3 Å². The quantitative estimate of drug-likeness (QED) is 0.675. The Kier molecular flexibility index (Phi) is 4.23. The number of carboxylic acid groups (broad SMARTS) is 1. The van der Waals surface area contributed by atoms with E-state index >= 15 is 0 Å². The smallest absolute Gasteiger partial charge is 0.358 e. The highest BCUT2D eigenvalue weighted by atomic mass is 35.5. The number of carbonyl (C=O) groups is 1. The first-order valence-electron chi connectivity index (χ1n) is 7.00. The van der Waals surface area contributed by atoms with Gasteiger partial charge in [-0.3, -0.25) is 0 Å². The molecule has 3 rings (SSSR count). The first-order chi connectivity index (χ1) is 11.8. The lowest BCUT2D eigenvalue weighted by atomic mass is 10.1. The summed E-state index contributed by atoms with van der Waals surface area (Å²) >= 11 is 6.13. The van der Waals surface area contributed by atoms with E-state index in [0.717, 1.165) is 0 Å². The van der Waals surface area contributed by atoms with Crippen molar-refractivity contribution in [2.45, 2.75) is 4.90 Å². The minimum absolute atomic E-state index is 0.0171. The summed E-state index contributed by atoms with van der Waals surface area (Å²) in [5.74, 6) is -1.42. The second-order valence-electron chi connectivity index (χ2n) is 5.10. The second-order valence-corrected chi connectivity index (χ2v) is 7.24. The van der Waals surface area contributed by atoms with Crippen LogP contribution in [0.5, 0.6) is 0 Å². The Balaban J connectivity index is 2.30. The van der Waals surface area contributed by atoms with Gasteiger partial charge in [-0.1, -0.05) is 41.9 Å². The van der Waals surface area contributed by atoms with E-state index in [4.69, 9.17) is 17.3 Å². The zero-order valence-corrected chi connectivity index (χ0v) is 14.2. The van der Waals surface area contributed by atoms with Crippen molar-refractivity contribution >= 4 is 33.3 Å². The van der Waals surface area contributed by atoms with E-state index in [-0.39, 0.29) is 15.6 Å². The number of aromatic nitrogens is 2. The molecule has 0 amide bonds. The number of nitrogens with zero attached hydrogens (tertiary/aromatic N) is 2. The summed E-state index contributed by atoms with van der Waals surface area (Å²) in [5.41, 5.74) is 5.84. The van der Waals surface area contributed by atoms with Crippen molar-refractivity contribution < 1.29 is 18.3 Å². The predicted molar refractivity (Wildman–Crippen MR) is 93.1 cm³/mol. The van der Waals surface area contributed by atoms with Crippen molar-refractivity contribution in [2.75, 3.05) is 5.73 Å². The minimum atomic E-state index is -4.17. The summed E-state index contributed by atoms with van der Waals surface area (Å²) in [5, 5.41) is 12.7. The standard InChI is InChI=1S/C16H12ClN3O4S/c17-13-14(16(21)22)19-20(15(13)10-4-2-1-3-5-10)25(23,24)12-8-6-11(18)7-9-12/h1-9H,18H2,(H,21,22). The van der Waals surface area contributed by atoms with Crippen molar-refractivity contribution in [1.82, 2.24) is 9.19 Å². The molecule has 0 atom stereocenters. The summed E-state index contributed by atoms with van der Waals surface area (Å²) in [6.45, 7) is 0. The Morgan fingerprint density at radius 1 is 1.08 bits per heavy atom. The van der Waals surface area contributed by atoms with Gasteiger partial charge >= 0.3 is 5.97 Å². The molecule has 3 aromatic rings. The third-order valence-electron chi connectivity index (χ3n) is 3.45. The molecule has 3 N–H and O–H groups in total. The predicted octanol–water partition coefficient (Wildman–Crippen LogP) is 2.72. The number of nitrogens with two attached hydrogens (primary N) is 1. The molecule has 128 valence electrons. The van der Waals surface area contributed by atoms with Gasteiger partial charge in [0.15, 0.2) is 5.69 Å². The van der Waals surface area contributed by atoms with Crippen LogP contribution in [-0.4, -0.2) is 28.7 Å². The Morgan fingerprint density at radius 3 is 2.24 bits per heavy atom. The van der Waals surface area contributed by atoms with Crippen LogP contribution in [0.2, 0.25) is 5.02 Å². The number of benzene rings is 2. The Bertz CT molecular complexity index is 1040. The van der Waals surface area contributed by atoms with E-state index < -0.39 is 21.7 Å². The van der Waals surface area contributed by atoms with Crippen LogP contribution < -0.4 is 5.73 Å². The van der Waals surface area contributed by atoms with Gasteiger partial charge in [0.25, 0.3) is 10.0 Å². The lowest BCUT2D eigenvalue weighted by molar-refractivity contribution is 0.0690. The van der Waals surface area contributed by atoms with Gasteiger partial charge in [0.2, 0.25) is 0 Å². The molecule has 1 aromatic heterocycles. The first-order valence-corrected chi connectivity index (χ1v) is 8.82. The molecule has 1 heterocycles. The van der Waals surface area contributed by atoms with Gasteiger partial charge in [-0.05, 0) is 24.3 Å².